The van der Waals surface area contributed by atoms with Gasteiger partial charge >= 0.3 is 0 Å². The molecule has 0 spiro atoms. The van der Waals surface area contributed by atoms with Crippen molar-refractivity contribution in [2.45, 2.75) is 45.8 Å². The van der Waals surface area contributed by atoms with E-state index in [4.69, 9.17) is 28.7 Å². The maximum absolute atomic E-state index is 9.10. The van der Waals surface area contributed by atoms with E-state index < -0.39 is 11.2 Å². The van der Waals surface area contributed by atoms with Crippen LogP contribution in [0.25, 0.3) is 0 Å². The Morgan fingerprint density at radius 2 is 1.71 bits per heavy atom. The summed E-state index contributed by atoms with van der Waals surface area (Å²) >= 11 is 0. The molecule has 0 aromatic heterocycles. The second kappa shape index (κ2) is 9.17. The van der Waals surface area contributed by atoms with E-state index in [1.165, 1.54) is 6.08 Å². The van der Waals surface area contributed by atoms with Gasteiger partial charge in [0, 0.05) is 11.9 Å². The molecule has 0 unspecified atom stereocenters. The minimum atomic E-state index is -1.01. The van der Waals surface area contributed by atoms with Crippen molar-refractivity contribution in [2.75, 3.05) is 0 Å². The smallest absolute Gasteiger partial charge is 0.137 e. The summed E-state index contributed by atoms with van der Waals surface area (Å²) in [5.41, 5.74) is -0.847. The minimum absolute atomic E-state index is 0.224. The van der Waals surface area contributed by atoms with Gasteiger partial charge in [-0.25, -0.2) is 0 Å². The Morgan fingerprint density at radius 1 is 1.29 bits per heavy atom. The summed E-state index contributed by atoms with van der Waals surface area (Å²) in [4.78, 5) is 0. The lowest BCUT2D eigenvalue weighted by atomic mass is 9.90. The normalized spacial score (nSPS) is 12.7. The number of aliphatic hydroxyl groups is 2. The van der Waals surface area contributed by atoms with Crippen LogP contribution in [0, 0.1) is 16.7 Å². The first-order chi connectivity index (χ1) is 9.38. The fourth-order valence-corrected chi connectivity index (χ4v) is 0.588. The average molecular weight is 289 g/mol. The first kappa shape index (κ1) is 21.5. The topological polar surface area (TPSA) is 100 Å². The molecule has 5 nitrogen and oxygen atoms in total. The molecule has 0 bridgehead atoms. The Morgan fingerprint density at radius 3 is 1.95 bits per heavy atom. The van der Waals surface area contributed by atoms with Crippen LogP contribution in [0.15, 0.2) is 35.6 Å². The summed E-state index contributed by atoms with van der Waals surface area (Å²) in [5.74, 6) is 0. The van der Waals surface area contributed by atoms with E-state index in [0.29, 0.717) is 11.3 Å². The molecule has 114 valence electrons. The third kappa shape index (κ3) is 10.6. The Balaban J connectivity index is 0. The van der Waals surface area contributed by atoms with E-state index >= 15 is 0 Å². The van der Waals surface area contributed by atoms with Gasteiger partial charge in [-0.1, -0.05) is 12.7 Å². The second-order valence-corrected chi connectivity index (χ2v) is 5.37. The van der Waals surface area contributed by atoms with Crippen molar-refractivity contribution in [2.24, 2.45) is 0 Å². The highest BCUT2D eigenvalue weighted by atomic mass is 16.3. The lowest BCUT2D eigenvalue weighted by Gasteiger charge is -2.31. The zero-order valence-corrected chi connectivity index (χ0v) is 13.4. The summed E-state index contributed by atoms with van der Waals surface area (Å²) in [7, 11) is 5.45. The van der Waals surface area contributed by atoms with Gasteiger partial charge in [0.15, 0.2) is 0 Å². The van der Waals surface area contributed by atoms with Crippen LogP contribution < -0.4 is 5.32 Å². The summed E-state index contributed by atoms with van der Waals surface area (Å²) < 4.78 is 0. The zero-order valence-electron chi connectivity index (χ0n) is 13.4. The number of nitrogens with zero attached hydrogens (tertiary/aromatic N) is 1. The quantitative estimate of drug-likeness (QED) is 0.268. The third-order valence-corrected chi connectivity index (χ3v) is 2.73. The van der Waals surface area contributed by atoms with Crippen LogP contribution >= 0.6 is 0 Å². The highest BCUT2D eigenvalue weighted by Crippen LogP contribution is 2.19. The number of allylic oxidation sites excluding steroid dienone is 3. The number of nitriles is 1. The van der Waals surface area contributed by atoms with Crippen molar-refractivity contribution in [3.63, 3.8) is 0 Å². The Kier molecular flexibility index (Phi) is 9.37. The van der Waals surface area contributed by atoms with Crippen molar-refractivity contribution < 1.29 is 10.2 Å². The predicted molar refractivity (Wildman–Crippen MR) is 86.9 cm³/mol. The van der Waals surface area contributed by atoms with Crippen LogP contribution in [0.5, 0.6) is 0 Å². The largest absolute Gasteiger partial charge is 0.387 e. The van der Waals surface area contributed by atoms with Gasteiger partial charge in [-0.3, -0.25) is 0 Å². The van der Waals surface area contributed by atoms with Crippen LogP contribution in [0.2, 0.25) is 0 Å². The van der Waals surface area contributed by atoms with Crippen molar-refractivity contribution in [3.8, 4) is 6.07 Å². The Labute approximate surface area is 128 Å². The Hall–Kier alpha value is -1.84. The van der Waals surface area contributed by atoms with Crippen molar-refractivity contribution in [3.05, 3.63) is 35.6 Å². The molecule has 0 aliphatic heterocycles. The maximum Gasteiger partial charge on any atom is 0.137 e. The number of nitrogens with one attached hydrogen (secondary N) is 2. The maximum atomic E-state index is 9.10. The third-order valence-electron chi connectivity index (χ3n) is 2.73. The first-order valence-corrected chi connectivity index (χ1v) is 6.33. The molecular weight excluding hydrogens is 265 g/mol. The number of rotatable bonds is 5. The average Bonchev–Trinajstić information content (AvgIpc) is 2.34. The molecule has 0 aromatic carbocycles. The molecule has 21 heavy (non-hydrogen) atoms. The van der Waals surface area contributed by atoms with E-state index in [9.17, 15) is 0 Å². The second-order valence-electron chi connectivity index (χ2n) is 5.37. The van der Waals surface area contributed by atoms with E-state index in [-0.39, 0.29) is 5.57 Å². The highest BCUT2D eigenvalue weighted by Gasteiger charge is 2.31. The van der Waals surface area contributed by atoms with Gasteiger partial charge in [0.25, 0.3) is 0 Å². The van der Waals surface area contributed by atoms with Crippen molar-refractivity contribution >= 4 is 14.1 Å². The molecule has 0 rings (SSSR count). The van der Waals surface area contributed by atoms with E-state index in [1.807, 2.05) is 6.07 Å². The first-order valence-electron chi connectivity index (χ1n) is 6.33. The fraction of sp³-hybridized carbons (Fsp3) is 0.467. The van der Waals surface area contributed by atoms with Gasteiger partial charge in [-0.15, -0.1) is 0 Å². The molecule has 2 radical (unpaired) electrons. The summed E-state index contributed by atoms with van der Waals surface area (Å²) in [5, 5.41) is 36.3. The van der Waals surface area contributed by atoms with Gasteiger partial charge in [0.05, 0.1) is 16.8 Å². The molecule has 4 N–H and O–H groups in total. The van der Waals surface area contributed by atoms with Crippen LogP contribution in [0.3, 0.4) is 0 Å². The lowest BCUT2D eigenvalue weighted by molar-refractivity contribution is -0.107. The molecule has 0 aliphatic carbocycles. The van der Waals surface area contributed by atoms with Crippen LogP contribution in [0.1, 0.15) is 34.6 Å². The molecule has 0 saturated carbocycles. The molecule has 0 saturated heterocycles. The molecule has 0 amide bonds. The van der Waals surface area contributed by atoms with E-state index in [1.54, 1.807) is 40.7 Å². The lowest BCUT2D eigenvalue weighted by Crippen LogP contribution is -2.44. The summed E-state index contributed by atoms with van der Waals surface area (Å²) in [6.45, 7) is 11.7. The van der Waals surface area contributed by atoms with Gasteiger partial charge in [-0.2, -0.15) is 5.26 Å². The highest BCUT2D eigenvalue weighted by molar-refractivity contribution is 6.21. The molecular formula is C15H24BN3O2. The molecule has 6 heteroatoms. The number of hydrogen-bond acceptors (Lipinski definition) is 5. The van der Waals surface area contributed by atoms with Gasteiger partial charge in [0.2, 0.25) is 0 Å². The predicted octanol–water partition coefficient (Wildman–Crippen LogP) is 1.75. The van der Waals surface area contributed by atoms with E-state index in [2.05, 4.69) is 11.9 Å². The molecule has 0 atom stereocenters. The zero-order chi connectivity index (χ0) is 17.3. The summed E-state index contributed by atoms with van der Waals surface area (Å²) in [6.07, 6.45) is 4.08. The molecule has 0 fully saturated rings. The van der Waals surface area contributed by atoms with E-state index in [0.717, 1.165) is 6.21 Å². The van der Waals surface area contributed by atoms with Crippen molar-refractivity contribution in [1.82, 2.24) is 5.32 Å². The fourth-order valence-electron chi connectivity index (χ4n) is 0.588. The van der Waals surface area contributed by atoms with Gasteiger partial charge in [-0.05, 0) is 46.3 Å². The number of hydrogen-bond donors (Lipinski definition) is 4. The monoisotopic (exact) mass is 289 g/mol. The van der Waals surface area contributed by atoms with Crippen LogP contribution in [-0.2, 0) is 0 Å². The molecule has 0 aliphatic rings. The standard InChI is InChI=1S/C9H10BN3.C6H14O2/c1-3-9(10)13-7(2)4-8(5-11)6-12;1-5(2,7)6(3,4)8/h3-5,11,13H,2H2,1H3;7-8H,1-4H3/b8-4+,9-3-,11-5?;. The van der Waals surface area contributed by atoms with Crippen LogP contribution in [0.4, 0.5) is 0 Å². The van der Waals surface area contributed by atoms with Crippen molar-refractivity contribution in [1.29, 1.82) is 10.7 Å². The van der Waals surface area contributed by atoms with Gasteiger partial charge < -0.3 is 20.9 Å². The molecule has 0 aromatic rings. The SMILES string of the molecule is CC(C)(O)C(C)(C)O.[B]/C(=C/C)NC(=C)/C=C(/C#N)C=N. The minimum Gasteiger partial charge on any atom is -0.387 e. The summed E-state index contributed by atoms with van der Waals surface area (Å²) in [6, 6.07) is 1.83. The Bertz CT molecular complexity index is 449. The van der Waals surface area contributed by atoms with Gasteiger partial charge in [0.1, 0.15) is 13.9 Å². The van der Waals surface area contributed by atoms with Crippen LogP contribution in [-0.4, -0.2) is 35.5 Å². The molecule has 0 heterocycles.